The molecule has 15 nitrogen and oxygen atoms in total. The van der Waals surface area contributed by atoms with Crippen LogP contribution < -0.4 is 44.0 Å². The smallest absolute Gasteiger partial charge is 0.260 e. The van der Waals surface area contributed by atoms with Crippen molar-refractivity contribution in [3.63, 3.8) is 0 Å². The molecule has 0 saturated carbocycles. The summed E-state index contributed by atoms with van der Waals surface area (Å²) in [6.45, 7) is 13.7. The van der Waals surface area contributed by atoms with Crippen molar-refractivity contribution in [3.05, 3.63) is 142 Å². The molecule has 414 valence electrons. The quantitative estimate of drug-likeness (QED) is 0.0439. The van der Waals surface area contributed by atoms with E-state index in [2.05, 4.69) is 71.2 Å². The third-order valence-electron chi connectivity index (χ3n) is 14.6. The number of hydrogen-bond donors (Lipinski definition) is 1. The van der Waals surface area contributed by atoms with Crippen molar-refractivity contribution in [2.24, 2.45) is 0 Å². The van der Waals surface area contributed by atoms with E-state index in [4.69, 9.17) is 28.4 Å². The van der Waals surface area contributed by atoms with Crippen molar-refractivity contribution < 1.29 is 42.8 Å². The molecule has 4 aliphatic rings. The summed E-state index contributed by atoms with van der Waals surface area (Å²) in [6.07, 6.45) is 5.48. The van der Waals surface area contributed by atoms with E-state index in [1.165, 1.54) is 11.1 Å². The lowest BCUT2D eigenvalue weighted by atomic mass is 10.1. The van der Waals surface area contributed by atoms with Crippen molar-refractivity contribution >= 4 is 67.7 Å². The van der Waals surface area contributed by atoms with E-state index >= 15 is 0 Å². The van der Waals surface area contributed by atoms with E-state index in [1.54, 1.807) is 42.0 Å². The van der Waals surface area contributed by atoms with E-state index in [0.29, 0.717) is 99.8 Å². The van der Waals surface area contributed by atoms with Crippen LogP contribution in [-0.2, 0) is 45.1 Å². The number of para-hydroxylation sites is 2. The Bertz CT molecular complexity index is 2990. The number of nitrogens with one attached hydrogen (secondary N) is 1. The van der Waals surface area contributed by atoms with Crippen molar-refractivity contribution in [2.45, 2.75) is 77.0 Å². The molecule has 0 radical (unpaired) electrons. The lowest BCUT2D eigenvalue weighted by molar-refractivity contribution is -0.119. The van der Waals surface area contributed by atoms with E-state index in [1.807, 2.05) is 97.4 Å². The predicted molar refractivity (Wildman–Crippen MR) is 315 cm³/mol. The number of amides is 3. The van der Waals surface area contributed by atoms with Crippen molar-refractivity contribution in [1.29, 1.82) is 0 Å². The lowest BCUT2D eigenvalue weighted by Gasteiger charge is -2.34. The van der Waals surface area contributed by atoms with Gasteiger partial charge < -0.3 is 58.2 Å². The molecule has 17 heteroatoms. The zero-order valence-corrected chi connectivity index (χ0v) is 47.9. The number of anilines is 5. The molecule has 4 heterocycles. The Balaban J connectivity index is 1.01. The van der Waals surface area contributed by atoms with Gasteiger partial charge in [0.15, 0.2) is 11.5 Å². The largest absolute Gasteiger partial charge is 0.493 e. The highest BCUT2D eigenvalue weighted by molar-refractivity contribution is 8.77. The zero-order valence-electron chi connectivity index (χ0n) is 46.3. The third kappa shape index (κ3) is 13.0. The summed E-state index contributed by atoms with van der Waals surface area (Å²) in [5, 5.41) is 2.81. The summed E-state index contributed by atoms with van der Waals surface area (Å²) in [5.74, 6) is 2.29. The monoisotopic (exact) mass is 1100 g/mol. The third-order valence-corrected chi connectivity index (χ3v) is 17.9. The van der Waals surface area contributed by atoms with Crippen LogP contribution in [0.25, 0.3) is 0 Å². The molecule has 9 rings (SSSR count). The number of benzene rings is 5. The SMILES string of the molecule is CC=CNC(=O)CCSSC(C)(C)CN(CCOCCOCCOC)c1cc(COc2cc3c(cc2C)C(=O)N2c4ccccc4C[C@H]2CN3C)cc(COc2cc3c(cc2OC)C(=O)N2c4ccccc4C[C@H]2CN3C)c1. The molecule has 5 aromatic carbocycles. The first-order valence-electron chi connectivity index (χ1n) is 26.9. The summed E-state index contributed by atoms with van der Waals surface area (Å²) >= 11 is 0. The molecular formula is C61H74N6O9S2. The minimum Gasteiger partial charge on any atom is -0.493 e. The van der Waals surface area contributed by atoms with E-state index in [0.717, 1.165) is 58.0 Å². The molecule has 0 aliphatic carbocycles. The van der Waals surface area contributed by atoms with Gasteiger partial charge in [0.2, 0.25) is 5.91 Å². The van der Waals surface area contributed by atoms with Gasteiger partial charge in [-0.15, -0.1) is 0 Å². The van der Waals surface area contributed by atoms with Crippen LogP contribution in [-0.4, -0.2) is 128 Å². The first-order chi connectivity index (χ1) is 37.7. The van der Waals surface area contributed by atoms with Gasteiger partial charge in [-0.3, -0.25) is 14.4 Å². The van der Waals surface area contributed by atoms with Crippen LogP contribution in [0.1, 0.15) is 75.7 Å². The molecule has 0 spiro atoms. The molecule has 5 aromatic rings. The molecule has 0 aromatic heterocycles. The fourth-order valence-electron chi connectivity index (χ4n) is 10.9. The molecule has 0 fully saturated rings. The summed E-state index contributed by atoms with van der Waals surface area (Å²) in [7, 11) is 10.8. The number of ether oxygens (including phenoxy) is 6. The van der Waals surface area contributed by atoms with Crippen molar-refractivity contribution in [1.82, 2.24) is 5.32 Å². The summed E-state index contributed by atoms with van der Waals surface area (Å²) in [5.41, 5.74) is 10.8. The number of aryl methyl sites for hydroxylation is 1. The number of likely N-dealkylation sites (N-methyl/N-ethyl adjacent to an activating group) is 2. The molecule has 1 N–H and O–H groups in total. The number of carbonyl (C=O) groups excluding carboxylic acids is 3. The van der Waals surface area contributed by atoms with Gasteiger partial charge in [0.25, 0.3) is 11.8 Å². The fraction of sp³-hybridized carbons (Fsp3) is 0.426. The summed E-state index contributed by atoms with van der Waals surface area (Å²) < 4.78 is 36.3. The normalized spacial score (nSPS) is 16.5. The summed E-state index contributed by atoms with van der Waals surface area (Å²) in [4.78, 5) is 51.8. The number of allylic oxidation sites excluding steroid dienone is 1. The van der Waals surface area contributed by atoms with Crippen molar-refractivity contribution in [2.75, 3.05) is 118 Å². The standard InChI is InChI=1S/C61H74N6O9S2/c1-9-19-62-58(68)18-26-77-78-61(3,4)40-65(20-21-73-24-25-74-23-22-71-7)46-29-42(38-75-55-34-53-49(27-41(55)2)59(69)66-47(36-63(53)5)31-44-14-10-12-16-51(44)66)28-43(30-46)39-76-57-35-54-50(33-56(57)72-8)60(70)67-48(37-64(54)6)32-45-15-11-13-17-52(45)67/h9-17,19,27-30,33-35,47-48H,18,20-26,31-32,36-40H2,1-8H3,(H,62,68)/t47-,48-/m0/s1. The van der Waals surface area contributed by atoms with Gasteiger partial charge in [-0.1, -0.05) is 64.1 Å². The highest BCUT2D eigenvalue weighted by atomic mass is 33.1. The average molecular weight is 1100 g/mol. The van der Waals surface area contributed by atoms with E-state index < -0.39 is 0 Å². The van der Waals surface area contributed by atoms with Gasteiger partial charge in [0.05, 0.1) is 74.7 Å². The minimum atomic E-state index is -0.258. The Morgan fingerprint density at radius 1 is 0.718 bits per heavy atom. The number of rotatable bonds is 25. The zero-order chi connectivity index (χ0) is 54.9. The second kappa shape index (κ2) is 25.6. The molecule has 0 saturated heterocycles. The van der Waals surface area contributed by atoms with Crippen LogP contribution in [0.5, 0.6) is 17.2 Å². The predicted octanol–water partition coefficient (Wildman–Crippen LogP) is 9.89. The highest BCUT2D eigenvalue weighted by Crippen LogP contribution is 2.44. The van der Waals surface area contributed by atoms with Gasteiger partial charge in [-0.2, -0.15) is 0 Å². The maximum absolute atomic E-state index is 14.4. The second-order valence-corrected chi connectivity index (χ2v) is 24.1. The highest BCUT2D eigenvalue weighted by Gasteiger charge is 2.41. The molecule has 2 atom stereocenters. The minimum absolute atomic E-state index is 0.000774. The van der Waals surface area contributed by atoms with E-state index in [9.17, 15) is 14.4 Å². The number of nitrogens with zero attached hydrogens (tertiary/aromatic N) is 5. The first-order valence-corrected chi connectivity index (χ1v) is 29.2. The van der Waals surface area contributed by atoms with Crippen LogP contribution in [0.4, 0.5) is 28.4 Å². The van der Waals surface area contributed by atoms with Crippen molar-refractivity contribution in [3.8, 4) is 17.2 Å². The van der Waals surface area contributed by atoms with Crippen LogP contribution in [0.3, 0.4) is 0 Å². The maximum Gasteiger partial charge on any atom is 0.260 e. The Kier molecular flexibility index (Phi) is 18.5. The Hall–Kier alpha value is -6.37. The Labute approximate surface area is 467 Å². The summed E-state index contributed by atoms with van der Waals surface area (Å²) in [6, 6.07) is 30.6. The van der Waals surface area contributed by atoms with Gasteiger partial charge in [-0.05, 0) is 117 Å². The average Bonchev–Trinajstić information content (AvgIpc) is 4.17. The Morgan fingerprint density at radius 2 is 1.28 bits per heavy atom. The first kappa shape index (κ1) is 56.4. The van der Waals surface area contributed by atoms with Gasteiger partial charge in [0.1, 0.15) is 19.0 Å². The number of methoxy groups -OCH3 is 2. The molecule has 3 amide bonds. The van der Waals surface area contributed by atoms with Gasteiger partial charge in [-0.25, -0.2) is 0 Å². The van der Waals surface area contributed by atoms with E-state index in [-0.39, 0.29) is 47.8 Å². The number of carbonyl (C=O) groups is 3. The van der Waals surface area contributed by atoms with Crippen LogP contribution >= 0.6 is 21.6 Å². The molecular weight excluding hydrogens is 1020 g/mol. The number of fused-ring (bicyclic) bond motifs is 8. The number of hydrogen-bond acceptors (Lipinski definition) is 14. The topological polar surface area (TPSA) is 135 Å². The van der Waals surface area contributed by atoms with Crippen LogP contribution in [0.15, 0.2) is 103 Å². The van der Waals surface area contributed by atoms with Gasteiger partial charge in [0, 0.05) is 93.5 Å². The second-order valence-electron chi connectivity index (χ2n) is 20.9. The maximum atomic E-state index is 14.4. The fourth-order valence-corrected chi connectivity index (χ4v) is 13.4. The molecule has 78 heavy (non-hydrogen) atoms. The molecule has 4 aliphatic heterocycles. The lowest BCUT2D eigenvalue weighted by Crippen LogP contribution is -2.41. The molecule has 0 bridgehead atoms. The Morgan fingerprint density at radius 3 is 1.88 bits per heavy atom. The van der Waals surface area contributed by atoms with Crippen LogP contribution in [0, 0.1) is 6.92 Å². The van der Waals surface area contributed by atoms with Crippen LogP contribution in [0.2, 0.25) is 0 Å². The van der Waals surface area contributed by atoms with Gasteiger partial charge >= 0.3 is 0 Å². The molecule has 0 unspecified atom stereocenters.